The first kappa shape index (κ1) is 14.7. The molecular weight excluding hydrogens is 260 g/mol. The Balaban J connectivity index is 2.77. The maximum Gasteiger partial charge on any atom is 0.371 e. The first-order valence-corrected chi connectivity index (χ1v) is 6.71. The summed E-state index contributed by atoms with van der Waals surface area (Å²) in [5.74, 6) is -1.71. The smallest absolute Gasteiger partial charge is 0.371 e. The summed E-state index contributed by atoms with van der Waals surface area (Å²) >= 11 is 0. The molecule has 1 aromatic rings. The zero-order chi connectivity index (χ0) is 13.9. The molecule has 7 nitrogen and oxygen atoms in total. The number of aromatic carboxylic acids is 1. The number of hydrogen-bond donors (Lipinski definition) is 2. The van der Waals surface area contributed by atoms with Crippen LogP contribution in [0.1, 0.15) is 17.5 Å². The zero-order valence-electron chi connectivity index (χ0n) is 10.4. The van der Waals surface area contributed by atoms with Gasteiger partial charge in [-0.1, -0.05) is 0 Å². The van der Waals surface area contributed by atoms with Gasteiger partial charge in [-0.05, 0) is 33.2 Å². The number of carboxylic acids is 1. The number of nitrogens with one attached hydrogen (secondary N) is 1. The molecule has 0 radical (unpaired) electrons. The highest BCUT2D eigenvalue weighted by Crippen LogP contribution is 2.13. The molecule has 0 aliphatic rings. The monoisotopic (exact) mass is 276 g/mol. The van der Waals surface area contributed by atoms with Gasteiger partial charge >= 0.3 is 5.97 Å². The summed E-state index contributed by atoms with van der Waals surface area (Å²) in [5, 5.41) is 8.24. The first-order chi connectivity index (χ1) is 8.24. The fourth-order valence-electron chi connectivity index (χ4n) is 1.06. The second-order valence-corrected chi connectivity index (χ2v) is 5.79. The number of likely N-dealkylation sites (N-methyl/N-ethyl adjacent to an activating group) is 1. The lowest BCUT2D eigenvalue weighted by Crippen LogP contribution is -2.38. The largest absolute Gasteiger partial charge is 0.475 e. The average Bonchev–Trinajstić information content (AvgIpc) is 2.75. The van der Waals surface area contributed by atoms with E-state index in [2.05, 4.69) is 4.72 Å². The second-order valence-electron chi connectivity index (χ2n) is 4.09. The lowest BCUT2D eigenvalue weighted by molar-refractivity contribution is 0.0656. The highest BCUT2D eigenvalue weighted by Gasteiger charge is 2.21. The van der Waals surface area contributed by atoms with Crippen molar-refractivity contribution < 1.29 is 22.7 Å². The van der Waals surface area contributed by atoms with Gasteiger partial charge in [0.1, 0.15) is 0 Å². The van der Waals surface area contributed by atoms with Crippen LogP contribution in [-0.2, 0) is 10.0 Å². The molecule has 1 aromatic heterocycles. The van der Waals surface area contributed by atoms with Crippen molar-refractivity contribution in [1.82, 2.24) is 9.62 Å². The van der Waals surface area contributed by atoms with Crippen molar-refractivity contribution in [2.75, 3.05) is 20.6 Å². The lowest BCUT2D eigenvalue weighted by Gasteiger charge is -2.19. The first-order valence-electron chi connectivity index (χ1n) is 5.23. The third-order valence-electron chi connectivity index (χ3n) is 2.51. The van der Waals surface area contributed by atoms with Crippen LogP contribution in [0.25, 0.3) is 0 Å². The van der Waals surface area contributed by atoms with Crippen molar-refractivity contribution in [2.24, 2.45) is 0 Å². The van der Waals surface area contributed by atoms with Crippen LogP contribution in [0.5, 0.6) is 0 Å². The molecule has 2 N–H and O–H groups in total. The molecule has 8 heteroatoms. The van der Waals surface area contributed by atoms with Crippen LogP contribution in [0.2, 0.25) is 0 Å². The number of nitrogens with zero attached hydrogens (tertiary/aromatic N) is 1. The summed E-state index contributed by atoms with van der Waals surface area (Å²) < 4.78 is 30.6. The van der Waals surface area contributed by atoms with Gasteiger partial charge in [0.05, 0.1) is 0 Å². The molecule has 1 rings (SSSR count). The van der Waals surface area contributed by atoms with E-state index in [9.17, 15) is 13.2 Å². The van der Waals surface area contributed by atoms with E-state index >= 15 is 0 Å². The molecule has 0 fully saturated rings. The fraction of sp³-hybridized carbons (Fsp3) is 0.500. The molecular formula is C10H16N2O5S. The van der Waals surface area contributed by atoms with Crippen molar-refractivity contribution >= 4 is 16.0 Å². The molecule has 0 saturated carbocycles. The van der Waals surface area contributed by atoms with Crippen LogP contribution >= 0.6 is 0 Å². The van der Waals surface area contributed by atoms with Crippen LogP contribution in [-0.4, -0.2) is 51.1 Å². The predicted molar refractivity (Wildman–Crippen MR) is 64.0 cm³/mol. The van der Waals surface area contributed by atoms with Crippen LogP contribution in [0.15, 0.2) is 21.6 Å². The topological polar surface area (TPSA) is 99.8 Å². The number of hydrogen-bond acceptors (Lipinski definition) is 5. The number of furan rings is 1. The summed E-state index contributed by atoms with van der Waals surface area (Å²) in [5.41, 5.74) is 0. The Hall–Kier alpha value is -1.38. The molecule has 1 heterocycles. The molecule has 0 aliphatic carbocycles. The fourth-order valence-corrected chi connectivity index (χ4v) is 2.11. The van der Waals surface area contributed by atoms with Gasteiger partial charge in [0.25, 0.3) is 10.0 Å². The maximum absolute atomic E-state index is 11.8. The van der Waals surface area contributed by atoms with Crippen molar-refractivity contribution in [2.45, 2.75) is 18.1 Å². The van der Waals surface area contributed by atoms with Crippen LogP contribution in [0.3, 0.4) is 0 Å². The van der Waals surface area contributed by atoms with Gasteiger partial charge in [-0.15, -0.1) is 0 Å². The molecule has 0 aromatic carbocycles. The molecule has 0 saturated heterocycles. The van der Waals surface area contributed by atoms with E-state index in [1.165, 1.54) is 0 Å². The van der Waals surface area contributed by atoms with Crippen molar-refractivity contribution in [3.8, 4) is 0 Å². The summed E-state index contributed by atoms with van der Waals surface area (Å²) in [4.78, 5) is 12.4. The second kappa shape index (κ2) is 5.51. The molecule has 1 atom stereocenters. The lowest BCUT2D eigenvalue weighted by atomic mass is 10.3. The number of sulfonamides is 1. The molecule has 0 bridgehead atoms. The van der Waals surface area contributed by atoms with Crippen LogP contribution in [0, 0.1) is 0 Å². The van der Waals surface area contributed by atoms with E-state index < -0.39 is 26.8 Å². The highest BCUT2D eigenvalue weighted by atomic mass is 32.2. The zero-order valence-corrected chi connectivity index (χ0v) is 11.2. The highest BCUT2D eigenvalue weighted by molar-refractivity contribution is 7.89. The number of carboxylic acid groups (broad SMARTS) is 1. The minimum Gasteiger partial charge on any atom is -0.475 e. The molecule has 18 heavy (non-hydrogen) atoms. The number of rotatable bonds is 6. The van der Waals surface area contributed by atoms with Gasteiger partial charge in [-0.25, -0.2) is 17.9 Å². The van der Waals surface area contributed by atoms with Crippen molar-refractivity contribution in [3.63, 3.8) is 0 Å². The summed E-state index contributed by atoms with van der Waals surface area (Å²) in [6, 6.07) is 2.23. The molecule has 102 valence electrons. The van der Waals surface area contributed by atoms with E-state index in [0.717, 1.165) is 12.1 Å². The minimum atomic E-state index is -3.81. The quantitative estimate of drug-likeness (QED) is 0.770. The van der Waals surface area contributed by atoms with Crippen molar-refractivity contribution in [3.05, 3.63) is 17.9 Å². The Bertz CT molecular complexity index is 520. The molecule has 0 amide bonds. The molecule has 1 unspecified atom stereocenters. The van der Waals surface area contributed by atoms with Gasteiger partial charge in [0, 0.05) is 12.6 Å². The summed E-state index contributed by atoms with van der Waals surface area (Å²) in [7, 11) is -0.153. The predicted octanol–water partition coefficient (Wildman–Crippen LogP) is 0.206. The SMILES string of the molecule is CC(CNS(=O)(=O)c1ccc(C(=O)O)o1)N(C)C. The van der Waals surface area contributed by atoms with Gasteiger partial charge in [0.15, 0.2) is 0 Å². The Morgan fingerprint density at radius 2 is 2.11 bits per heavy atom. The Labute approximate surface area is 105 Å². The third kappa shape index (κ3) is 3.56. The normalized spacial score (nSPS) is 13.8. The Kier molecular flexibility index (Phi) is 4.49. The van der Waals surface area contributed by atoms with Gasteiger partial charge in [0.2, 0.25) is 10.9 Å². The van der Waals surface area contributed by atoms with Crippen molar-refractivity contribution in [1.29, 1.82) is 0 Å². The Morgan fingerprint density at radius 1 is 1.50 bits per heavy atom. The van der Waals surface area contributed by atoms with Crippen LogP contribution in [0.4, 0.5) is 0 Å². The summed E-state index contributed by atoms with van der Waals surface area (Å²) in [6.45, 7) is 2.06. The van der Waals surface area contributed by atoms with E-state index in [0.29, 0.717) is 0 Å². The minimum absolute atomic E-state index is 0.00804. The molecule has 0 spiro atoms. The van der Waals surface area contributed by atoms with Gasteiger partial charge in [-0.2, -0.15) is 0 Å². The molecule has 0 aliphatic heterocycles. The summed E-state index contributed by atoms with van der Waals surface area (Å²) in [6.07, 6.45) is 0. The van der Waals surface area contributed by atoms with E-state index in [-0.39, 0.29) is 12.6 Å². The van der Waals surface area contributed by atoms with Crippen LogP contribution < -0.4 is 4.72 Å². The average molecular weight is 276 g/mol. The Morgan fingerprint density at radius 3 is 2.56 bits per heavy atom. The third-order valence-corrected chi connectivity index (χ3v) is 3.80. The maximum atomic E-state index is 11.8. The van der Waals surface area contributed by atoms with Gasteiger partial charge < -0.3 is 14.4 Å². The van der Waals surface area contributed by atoms with E-state index in [1.54, 1.807) is 0 Å². The van der Waals surface area contributed by atoms with E-state index in [1.807, 2.05) is 25.9 Å². The number of carbonyl (C=O) groups is 1. The van der Waals surface area contributed by atoms with Gasteiger partial charge in [-0.3, -0.25) is 0 Å². The standard InChI is InChI=1S/C10H16N2O5S/c1-7(12(2)3)6-11-18(15,16)9-5-4-8(17-9)10(13)14/h4-5,7,11H,6H2,1-3H3,(H,13,14). The van der Waals surface area contributed by atoms with E-state index in [4.69, 9.17) is 9.52 Å².